The maximum atomic E-state index is 9.60. The normalized spacial score (nSPS) is 11.9. The Hall–Kier alpha value is -2.00. The number of aliphatic hydroxyl groups excluding tert-OH is 1. The highest BCUT2D eigenvalue weighted by Gasteiger charge is 2.12. The van der Waals surface area contributed by atoms with Crippen LogP contribution in [0.25, 0.3) is 0 Å². The lowest BCUT2D eigenvalue weighted by Gasteiger charge is -2.20. The Morgan fingerprint density at radius 3 is 2.63 bits per heavy atom. The molecular formula is C16H19NO2. The molecule has 0 spiro atoms. The van der Waals surface area contributed by atoms with Crippen LogP contribution >= 0.6 is 0 Å². The van der Waals surface area contributed by atoms with Crippen molar-refractivity contribution >= 4 is 5.69 Å². The third-order valence-corrected chi connectivity index (χ3v) is 3.16. The average Bonchev–Trinajstić information content (AvgIpc) is 2.46. The fourth-order valence-corrected chi connectivity index (χ4v) is 2.11. The van der Waals surface area contributed by atoms with Crippen LogP contribution in [-0.4, -0.2) is 18.8 Å². The molecule has 100 valence electrons. The van der Waals surface area contributed by atoms with E-state index in [1.54, 1.807) is 7.11 Å². The van der Waals surface area contributed by atoms with Crippen molar-refractivity contribution in [1.82, 2.24) is 0 Å². The van der Waals surface area contributed by atoms with Gasteiger partial charge in [0.2, 0.25) is 0 Å². The molecule has 0 amide bonds. The van der Waals surface area contributed by atoms with Crippen molar-refractivity contribution in [2.75, 3.05) is 19.0 Å². The lowest BCUT2D eigenvalue weighted by atomic mass is 10.0. The summed E-state index contributed by atoms with van der Waals surface area (Å²) in [5, 5.41) is 12.9. The molecule has 19 heavy (non-hydrogen) atoms. The van der Waals surface area contributed by atoms with Crippen molar-refractivity contribution in [3.63, 3.8) is 0 Å². The number of methoxy groups -OCH3 is 1. The summed E-state index contributed by atoms with van der Waals surface area (Å²) < 4.78 is 5.20. The number of aliphatic hydroxyl groups is 1. The molecule has 0 aliphatic rings. The van der Waals surface area contributed by atoms with Crippen LogP contribution in [0.5, 0.6) is 5.75 Å². The molecule has 2 N–H and O–H groups in total. The summed E-state index contributed by atoms with van der Waals surface area (Å²) in [5.74, 6) is 0.798. The van der Waals surface area contributed by atoms with Gasteiger partial charge in [0, 0.05) is 11.8 Å². The number of hydrogen-bond acceptors (Lipinski definition) is 3. The first kappa shape index (κ1) is 13.4. The molecule has 0 fully saturated rings. The van der Waals surface area contributed by atoms with Gasteiger partial charge in [-0.3, -0.25) is 0 Å². The van der Waals surface area contributed by atoms with Gasteiger partial charge in [-0.25, -0.2) is 0 Å². The lowest BCUT2D eigenvalue weighted by Crippen LogP contribution is -2.15. The highest BCUT2D eigenvalue weighted by Crippen LogP contribution is 2.24. The number of hydrogen-bond donors (Lipinski definition) is 2. The van der Waals surface area contributed by atoms with Gasteiger partial charge < -0.3 is 15.2 Å². The van der Waals surface area contributed by atoms with Crippen LogP contribution in [0.3, 0.4) is 0 Å². The van der Waals surface area contributed by atoms with Gasteiger partial charge in [-0.1, -0.05) is 30.3 Å². The van der Waals surface area contributed by atoms with E-state index in [0.29, 0.717) is 0 Å². The molecule has 0 aliphatic heterocycles. The first-order chi connectivity index (χ1) is 9.24. The van der Waals surface area contributed by atoms with Crippen LogP contribution in [0.2, 0.25) is 0 Å². The number of anilines is 1. The fourth-order valence-electron chi connectivity index (χ4n) is 2.11. The molecule has 0 saturated carbocycles. The Morgan fingerprint density at radius 1 is 1.16 bits per heavy atom. The molecule has 0 heterocycles. The summed E-state index contributed by atoms with van der Waals surface area (Å²) in [7, 11) is 1.64. The quantitative estimate of drug-likeness (QED) is 0.864. The summed E-state index contributed by atoms with van der Waals surface area (Å²) in [6, 6.07) is 15.6. The van der Waals surface area contributed by atoms with Gasteiger partial charge in [0.1, 0.15) is 5.75 Å². The van der Waals surface area contributed by atoms with Crippen LogP contribution in [0.15, 0.2) is 48.5 Å². The first-order valence-electron chi connectivity index (χ1n) is 6.31. The summed E-state index contributed by atoms with van der Waals surface area (Å²) in [4.78, 5) is 0. The largest absolute Gasteiger partial charge is 0.497 e. The van der Waals surface area contributed by atoms with Gasteiger partial charge in [0.15, 0.2) is 0 Å². The zero-order valence-electron chi connectivity index (χ0n) is 11.3. The maximum absolute atomic E-state index is 9.60. The van der Waals surface area contributed by atoms with Gasteiger partial charge in [0.25, 0.3) is 0 Å². The summed E-state index contributed by atoms with van der Waals surface area (Å²) >= 11 is 0. The van der Waals surface area contributed by atoms with Crippen molar-refractivity contribution in [3.8, 4) is 5.75 Å². The molecule has 1 atom stereocenters. The molecule has 3 nitrogen and oxygen atoms in total. The predicted octanol–water partition coefficient (Wildman–Crippen LogP) is 3.15. The highest BCUT2D eigenvalue weighted by atomic mass is 16.5. The minimum Gasteiger partial charge on any atom is -0.497 e. The molecule has 2 rings (SSSR count). The van der Waals surface area contributed by atoms with E-state index in [1.807, 2.05) is 55.5 Å². The summed E-state index contributed by atoms with van der Waals surface area (Å²) in [5.41, 5.74) is 3.20. The molecule has 0 bridgehead atoms. The van der Waals surface area contributed by atoms with Crippen LogP contribution in [0, 0.1) is 6.92 Å². The van der Waals surface area contributed by atoms with E-state index in [1.165, 1.54) is 0 Å². The first-order valence-corrected chi connectivity index (χ1v) is 6.31. The smallest absolute Gasteiger partial charge is 0.120 e. The van der Waals surface area contributed by atoms with Gasteiger partial charge in [-0.2, -0.15) is 0 Å². The van der Waals surface area contributed by atoms with Crippen LogP contribution in [0.1, 0.15) is 17.2 Å². The molecule has 1 unspecified atom stereocenters. The molecule has 2 aromatic rings. The second kappa shape index (κ2) is 6.25. The van der Waals surface area contributed by atoms with Crippen molar-refractivity contribution < 1.29 is 9.84 Å². The highest BCUT2D eigenvalue weighted by molar-refractivity contribution is 5.50. The Labute approximate surface area is 113 Å². The van der Waals surface area contributed by atoms with E-state index < -0.39 is 0 Å². The lowest BCUT2D eigenvalue weighted by molar-refractivity contribution is 0.276. The molecular weight excluding hydrogens is 238 g/mol. The van der Waals surface area contributed by atoms with Crippen molar-refractivity contribution in [2.24, 2.45) is 0 Å². The zero-order chi connectivity index (χ0) is 13.7. The van der Waals surface area contributed by atoms with E-state index in [4.69, 9.17) is 4.74 Å². The molecule has 3 heteroatoms. The fraction of sp³-hybridized carbons (Fsp3) is 0.250. The Morgan fingerprint density at radius 2 is 1.95 bits per heavy atom. The minimum atomic E-state index is -0.117. The van der Waals surface area contributed by atoms with Gasteiger partial charge >= 0.3 is 0 Å². The molecule has 2 aromatic carbocycles. The van der Waals surface area contributed by atoms with E-state index >= 15 is 0 Å². The van der Waals surface area contributed by atoms with E-state index in [0.717, 1.165) is 22.6 Å². The van der Waals surface area contributed by atoms with Gasteiger partial charge in [-0.15, -0.1) is 0 Å². The third kappa shape index (κ3) is 3.26. The molecule has 0 aromatic heterocycles. The summed E-state index contributed by atoms with van der Waals surface area (Å²) in [6.45, 7) is 2.09. The second-order valence-corrected chi connectivity index (χ2v) is 4.47. The van der Waals surface area contributed by atoms with Gasteiger partial charge in [0.05, 0.1) is 19.8 Å². The Balaban J connectivity index is 2.21. The van der Waals surface area contributed by atoms with Crippen molar-refractivity contribution in [2.45, 2.75) is 13.0 Å². The van der Waals surface area contributed by atoms with Crippen LogP contribution in [0.4, 0.5) is 5.69 Å². The predicted molar refractivity (Wildman–Crippen MR) is 77.6 cm³/mol. The Bertz CT molecular complexity index is 540. The van der Waals surface area contributed by atoms with E-state index in [-0.39, 0.29) is 12.6 Å². The number of nitrogens with one attached hydrogen (secondary N) is 1. The van der Waals surface area contributed by atoms with E-state index in [2.05, 4.69) is 5.32 Å². The summed E-state index contributed by atoms with van der Waals surface area (Å²) in [6.07, 6.45) is 0. The number of aryl methyl sites for hydroxylation is 1. The average molecular weight is 257 g/mol. The standard InChI is InChI=1S/C16H19NO2/c1-12-6-3-4-9-15(12)16(11-18)17-13-7-5-8-14(10-13)19-2/h3-10,16-18H,11H2,1-2H3. The maximum Gasteiger partial charge on any atom is 0.120 e. The number of rotatable bonds is 5. The van der Waals surface area contributed by atoms with Gasteiger partial charge in [-0.05, 0) is 30.2 Å². The van der Waals surface area contributed by atoms with Crippen molar-refractivity contribution in [3.05, 3.63) is 59.7 Å². The van der Waals surface area contributed by atoms with Crippen molar-refractivity contribution in [1.29, 1.82) is 0 Å². The number of benzene rings is 2. The monoisotopic (exact) mass is 257 g/mol. The third-order valence-electron chi connectivity index (χ3n) is 3.16. The second-order valence-electron chi connectivity index (χ2n) is 4.47. The molecule has 0 radical (unpaired) electrons. The minimum absolute atomic E-state index is 0.0437. The molecule has 0 saturated heterocycles. The topological polar surface area (TPSA) is 41.5 Å². The SMILES string of the molecule is COc1cccc(NC(CO)c2ccccc2C)c1. The Kier molecular flexibility index (Phi) is 4.42. The molecule has 0 aliphatic carbocycles. The van der Waals surface area contributed by atoms with Crippen LogP contribution < -0.4 is 10.1 Å². The number of ether oxygens (including phenoxy) is 1. The van der Waals surface area contributed by atoms with Crippen LogP contribution in [-0.2, 0) is 0 Å². The van der Waals surface area contributed by atoms with E-state index in [9.17, 15) is 5.11 Å². The zero-order valence-corrected chi connectivity index (χ0v) is 11.3.